The Hall–Kier alpha value is -0.960. The molecule has 2 rings (SSSR count). The quantitative estimate of drug-likeness (QED) is 0.700. The highest BCUT2D eigenvalue weighted by molar-refractivity contribution is 7.99. The van der Waals surface area contributed by atoms with Gasteiger partial charge in [0.15, 0.2) is 0 Å². The van der Waals surface area contributed by atoms with Gasteiger partial charge >= 0.3 is 5.97 Å². The minimum atomic E-state index is -0.229. The van der Waals surface area contributed by atoms with Crippen molar-refractivity contribution in [2.45, 2.75) is 30.6 Å². The van der Waals surface area contributed by atoms with E-state index < -0.39 is 0 Å². The van der Waals surface area contributed by atoms with Gasteiger partial charge in [-0.25, -0.2) is 4.79 Å². The maximum Gasteiger partial charge on any atom is 0.338 e. The molecule has 0 fully saturated rings. The first-order valence-corrected chi connectivity index (χ1v) is 6.39. The zero-order valence-electron chi connectivity index (χ0n) is 9.87. The first kappa shape index (κ1) is 11.5. The smallest absolute Gasteiger partial charge is 0.338 e. The molecule has 0 N–H and O–H groups in total. The predicted octanol–water partition coefficient (Wildman–Crippen LogP) is 3.25. The Morgan fingerprint density at radius 3 is 2.88 bits per heavy atom. The molecule has 0 unspecified atom stereocenters. The fourth-order valence-electron chi connectivity index (χ4n) is 2.17. The highest BCUT2D eigenvalue weighted by Gasteiger charge is 2.32. The molecule has 16 heavy (non-hydrogen) atoms. The van der Waals surface area contributed by atoms with Crippen LogP contribution in [-0.4, -0.2) is 18.8 Å². The van der Waals surface area contributed by atoms with Crippen LogP contribution < -0.4 is 0 Å². The summed E-state index contributed by atoms with van der Waals surface area (Å²) in [6, 6.07) is 5.88. The molecule has 2 nitrogen and oxygen atoms in total. The number of rotatable bonds is 1. The number of hydrogen-bond donors (Lipinski definition) is 0. The summed E-state index contributed by atoms with van der Waals surface area (Å²) in [5.74, 6) is 0.886. The summed E-state index contributed by atoms with van der Waals surface area (Å²) in [6.07, 6.45) is 1.10. The van der Waals surface area contributed by atoms with Crippen LogP contribution in [0.1, 0.15) is 36.2 Å². The lowest BCUT2D eigenvalue weighted by Crippen LogP contribution is -2.26. The number of ether oxygens (including phenoxy) is 1. The van der Waals surface area contributed by atoms with Gasteiger partial charge in [-0.15, -0.1) is 11.8 Å². The molecule has 0 aliphatic carbocycles. The third-order valence-corrected chi connectivity index (χ3v) is 4.15. The standard InChI is InChI=1S/C13H16O2S/c1-13(2)7-8-16-10-6-4-5-9(11(10)13)12(14)15-3/h4-6H,7-8H2,1-3H3. The first-order chi connectivity index (χ1) is 7.56. The third kappa shape index (κ3) is 1.84. The topological polar surface area (TPSA) is 26.3 Å². The van der Waals surface area contributed by atoms with Crippen LogP contribution in [0.3, 0.4) is 0 Å². The highest BCUT2D eigenvalue weighted by Crippen LogP contribution is 2.43. The van der Waals surface area contributed by atoms with E-state index >= 15 is 0 Å². The maximum absolute atomic E-state index is 11.7. The molecule has 0 bridgehead atoms. The maximum atomic E-state index is 11.7. The average Bonchev–Trinajstić information content (AvgIpc) is 2.27. The van der Waals surface area contributed by atoms with E-state index in [1.807, 2.05) is 23.9 Å². The molecule has 86 valence electrons. The Labute approximate surface area is 100 Å². The van der Waals surface area contributed by atoms with Gasteiger partial charge in [-0.3, -0.25) is 0 Å². The Bertz CT molecular complexity index is 424. The Balaban J connectivity index is 2.60. The number of methoxy groups -OCH3 is 1. The second kappa shape index (κ2) is 4.13. The zero-order chi connectivity index (χ0) is 11.8. The summed E-state index contributed by atoms with van der Waals surface area (Å²) in [5.41, 5.74) is 1.93. The molecule has 3 heteroatoms. The molecule has 1 aromatic rings. The number of benzene rings is 1. The van der Waals surface area contributed by atoms with Crippen LogP contribution in [-0.2, 0) is 10.2 Å². The van der Waals surface area contributed by atoms with Crippen LogP contribution in [0.5, 0.6) is 0 Å². The van der Waals surface area contributed by atoms with E-state index in [0.29, 0.717) is 0 Å². The van der Waals surface area contributed by atoms with Crippen LogP contribution in [0.2, 0.25) is 0 Å². The van der Waals surface area contributed by atoms with Gasteiger partial charge in [0.2, 0.25) is 0 Å². The van der Waals surface area contributed by atoms with Crippen LogP contribution in [0.15, 0.2) is 23.1 Å². The fraction of sp³-hybridized carbons (Fsp3) is 0.462. The lowest BCUT2D eigenvalue weighted by atomic mass is 9.79. The number of hydrogen-bond acceptors (Lipinski definition) is 3. The van der Waals surface area contributed by atoms with Crippen molar-refractivity contribution >= 4 is 17.7 Å². The van der Waals surface area contributed by atoms with Crippen LogP contribution in [0, 0.1) is 0 Å². The normalized spacial score (nSPS) is 17.7. The molecule has 1 aliphatic rings. The van der Waals surface area contributed by atoms with E-state index in [-0.39, 0.29) is 11.4 Å². The Morgan fingerprint density at radius 1 is 1.44 bits per heavy atom. The van der Waals surface area contributed by atoms with Gasteiger partial charge < -0.3 is 4.74 Å². The summed E-state index contributed by atoms with van der Waals surface area (Å²) in [6.45, 7) is 4.38. The minimum absolute atomic E-state index is 0.0609. The molecule has 0 aromatic heterocycles. The predicted molar refractivity (Wildman–Crippen MR) is 66.1 cm³/mol. The molecule has 0 atom stereocenters. The van der Waals surface area contributed by atoms with Crippen LogP contribution in [0.25, 0.3) is 0 Å². The van der Waals surface area contributed by atoms with E-state index in [2.05, 4.69) is 19.9 Å². The van der Waals surface area contributed by atoms with E-state index in [0.717, 1.165) is 23.3 Å². The van der Waals surface area contributed by atoms with Crippen LogP contribution >= 0.6 is 11.8 Å². The van der Waals surface area contributed by atoms with Crippen molar-refractivity contribution in [1.29, 1.82) is 0 Å². The summed E-state index contributed by atoms with van der Waals surface area (Å²) >= 11 is 1.83. The Morgan fingerprint density at radius 2 is 2.19 bits per heavy atom. The lowest BCUT2D eigenvalue weighted by molar-refractivity contribution is 0.0597. The summed E-state index contributed by atoms with van der Waals surface area (Å²) in [4.78, 5) is 13.0. The minimum Gasteiger partial charge on any atom is -0.465 e. The molecule has 0 amide bonds. The highest BCUT2D eigenvalue weighted by atomic mass is 32.2. The van der Waals surface area contributed by atoms with Crippen molar-refractivity contribution in [1.82, 2.24) is 0 Å². The molecule has 0 spiro atoms. The second-order valence-corrected chi connectivity index (χ2v) is 5.79. The number of esters is 1. The van der Waals surface area contributed by atoms with E-state index in [4.69, 9.17) is 4.74 Å². The molecule has 1 heterocycles. The van der Waals surface area contributed by atoms with Crippen molar-refractivity contribution in [3.63, 3.8) is 0 Å². The summed E-state index contributed by atoms with van der Waals surface area (Å²) < 4.78 is 4.85. The van der Waals surface area contributed by atoms with Crippen molar-refractivity contribution in [2.24, 2.45) is 0 Å². The molecule has 1 aromatic carbocycles. The summed E-state index contributed by atoms with van der Waals surface area (Å²) in [7, 11) is 1.44. The monoisotopic (exact) mass is 236 g/mol. The number of carbonyl (C=O) groups is 1. The van der Waals surface area contributed by atoms with Crippen molar-refractivity contribution in [3.8, 4) is 0 Å². The molecular weight excluding hydrogens is 220 g/mol. The number of fused-ring (bicyclic) bond motifs is 1. The van der Waals surface area contributed by atoms with Crippen molar-refractivity contribution < 1.29 is 9.53 Å². The molecule has 0 saturated carbocycles. The number of thioether (sulfide) groups is 1. The first-order valence-electron chi connectivity index (χ1n) is 5.41. The van der Waals surface area contributed by atoms with Gasteiger partial charge in [-0.1, -0.05) is 19.9 Å². The van der Waals surface area contributed by atoms with Crippen LogP contribution in [0.4, 0.5) is 0 Å². The van der Waals surface area contributed by atoms with Crippen molar-refractivity contribution in [3.05, 3.63) is 29.3 Å². The third-order valence-electron chi connectivity index (χ3n) is 3.09. The SMILES string of the molecule is COC(=O)c1cccc2c1C(C)(C)CCS2. The zero-order valence-corrected chi connectivity index (χ0v) is 10.7. The van der Waals surface area contributed by atoms with Crippen molar-refractivity contribution in [2.75, 3.05) is 12.9 Å². The summed E-state index contributed by atoms with van der Waals surface area (Å²) in [5, 5.41) is 0. The molecule has 0 saturated heterocycles. The fourth-order valence-corrected chi connectivity index (χ4v) is 3.71. The molecule has 1 aliphatic heterocycles. The van der Waals surface area contributed by atoms with Gasteiger partial charge in [-0.2, -0.15) is 0 Å². The molecule has 0 radical (unpaired) electrons. The average molecular weight is 236 g/mol. The van der Waals surface area contributed by atoms with Gasteiger partial charge in [0.05, 0.1) is 12.7 Å². The van der Waals surface area contributed by atoms with E-state index in [1.54, 1.807) is 0 Å². The van der Waals surface area contributed by atoms with Gasteiger partial charge in [-0.05, 0) is 35.3 Å². The lowest BCUT2D eigenvalue weighted by Gasteiger charge is -2.33. The largest absolute Gasteiger partial charge is 0.465 e. The second-order valence-electron chi connectivity index (χ2n) is 4.65. The van der Waals surface area contributed by atoms with Gasteiger partial charge in [0, 0.05) is 4.90 Å². The van der Waals surface area contributed by atoms with E-state index in [9.17, 15) is 4.79 Å². The van der Waals surface area contributed by atoms with Gasteiger partial charge in [0.25, 0.3) is 0 Å². The van der Waals surface area contributed by atoms with Gasteiger partial charge in [0.1, 0.15) is 0 Å². The molecular formula is C13H16O2S. The number of carbonyl (C=O) groups excluding carboxylic acids is 1. The van der Waals surface area contributed by atoms with E-state index in [1.165, 1.54) is 12.0 Å². The Kier molecular flexibility index (Phi) is 2.98.